The van der Waals surface area contributed by atoms with Gasteiger partial charge in [0.05, 0.1) is 6.10 Å². The second-order valence-corrected chi connectivity index (χ2v) is 4.29. The van der Waals surface area contributed by atoms with Crippen molar-refractivity contribution < 1.29 is 5.11 Å². The van der Waals surface area contributed by atoms with Gasteiger partial charge in [0.15, 0.2) is 0 Å². The second kappa shape index (κ2) is 6.39. The summed E-state index contributed by atoms with van der Waals surface area (Å²) >= 11 is 0. The Hall–Kier alpha value is -1.36. The maximum Gasteiger partial charge on any atom is 0.132 e. The summed E-state index contributed by atoms with van der Waals surface area (Å²) in [5, 5.41) is 15.6. The number of rotatable bonds is 6. The Morgan fingerprint density at radius 2 is 1.94 bits per heavy atom. The van der Waals surface area contributed by atoms with Gasteiger partial charge in [-0.15, -0.1) is 0 Å². The van der Waals surface area contributed by atoms with Crippen LogP contribution >= 0.6 is 0 Å². The Morgan fingerprint density at radius 3 is 2.47 bits per heavy atom. The van der Waals surface area contributed by atoms with E-state index in [0.29, 0.717) is 6.42 Å². The van der Waals surface area contributed by atoms with Crippen LogP contribution in [0.15, 0.2) is 6.07 Å². The van der Waals surface area contributed by atoms with E-state index in [-0.39, 0.29) is 12.1 Å². The van der Waals surface area contributed by atoms with E-state index in [4.69, 9.17) is 0 Å². The fourth-order valence-corrected chi connectivity index (χ4v) is 1.68. The topological polar surface area (TPSA) is 70.1 Å². The van der Waals surface area contributed by atoms with Crippen molar-refractivity contribution in [2.24, 2.45) is 0 Å². The van der Waals surface area contributed by atoms with Crippen molar-refractivity contribution in [2.75, 3.05) is 17.7 Å². The van der Waals surface area contributed by atoms with Crippen LogP contribution in [-0.4, -0.2) is 34.3 Å². The van der Waals surface area contributed by atoms with E-state index in [1.165, 1.54) is 0 Å². The molecule has 96 valence electrons. The Morgan fingerprint density at radius 1 is 1.29 bits per heavy atom. The molecule has 0 radical (unpaired) electrons. The van der Waals surface area contributed by atoms with Gasteiger partial charge in [0.2, 0.25) is 0 Å². The first-order chi connectivity index (χ1) is 8.05. The molecular formula is C12H22N4O. The van der Waals surface area contributed by atoms with Crippen LogP contribution in [0.5, 0.6) is 0 Å². The molecule has 0 saturated heterocycles. The molecule has 17 heavy (non-hydrogen) atoms. The molecule has 1 aromatic heterocycles. The van der Waals surface area contributed by atoms with Gasteiger partial charge in [-0.05, 0) is 20.3 Å². The predicted molar refractivity (Wildman–Crippen MR) is 70.3 cm³/mol. The number of nitrogens with one attached hydrogen (secondary N) is 2. The fraction of sp³-hybridized carbons (Fsp3) is 0.667. The van der Waals surface area contributed by atoms with Crippen molar-refractivity contribution >= 4 is 11.6 Å². The molecule has 0 aliphatic rings. The van der Waals surface area contributed by atoms with Gasteiger partial charge in [-0.1, -0.05) is 6.92 Å². The average Bonchev–Trinajstić information content (AvgIpc) is 2.27. The third kappa shape index (κ3) is 4.56. The van der Waals surface area contributed by atoms with Crippen LogP contribution < -0.4 is 10.6 Å². The zero-order valence-corrected chi connectivity index (χ0v) is 11.0. The van der Waals surface area contributed by atoms with Gasteiger partial charge in [-0.25, -0.2) is 9.97 Å². The Bertz CT molecular complexity index is 332. The maximum atomic E-state index is 9.32. The van der Waals surface area contributed by atoms with Gasteiger partial charge >= 0.3 is 0 Å². The molecule has 0 saturated carbocycles. The lowest BCUT2D eigenvalue weighted by Crippen LogP contribution is -2.21. The van der Waals surface area contributed by atoms with E-state index in [9.17, 15) is 5.11 Å². The quantitative estimate of drug-likeness (QED) is 0.703. The minimum Gasteiger partial charge on any atom is -0.393 e. The zero-order chi connectivity index (χ0) is 12.8. The minimum absolute atomic E-state index is 0.180. The molecule has 0 fully saturated rings. The molecule has 0 aliphatic heterocycles. The monoisotopic (exact) mass is 238 g/mol. The smallest absolute Gasteiger partial charge is 0.132 e. The summed E-state index contributed by atoms with van der Waals surface area (Å²) < 4.78 is 0. The maximum absolute atomic E-state index is 9.32. The van der Waals surface area contributed by atoms with Crippen LogP contribution in [0.25, 0.3) is 0 Å². The largest absolute Gasteiger partial charge is 0.393 e. The summed E-state index contributed by atoms with van der Waals surface area (Å²) in [7, 11) is 1.84. The number of aliphatic hydroxyl groups is 1. The highest BCUT2D eigenvalue weighted by Gasteiger charge is 2.08. The SMILES string of the molecule is CCc1nc(NC)cc(NC(C)CC(C)O)n1. The second-order valence-electron chi connectivity index (χ2n) is 4.29. The summed E-state index contributed by atoms with van der Waals surface area (Å²) in [5.41, 5.74) is 0. The van der Waals surface area contributed by atoms with Crippen LogP contribution in [0.2, 0.25) is 0 Å². The Labute approximate surface area is 103 Å². The summed E-state index contributed by atoms with van der Waals surface area (Å²) in [6.07, 6.45) is 1.18. The van der Waals surface area contributed by atoms with E-state index in [1.807, 2.05) is 27.0 Å². The first-order valence-corrected chi connectivity index (χ1v) is 6.05. The van der Waals surface area contributed by atoms with E-state index in [1.54, 1.807) is 6.92 Å². The van der Waals surface area contributed by atoms with Gasteiger partial charge in [0, 0.05) is 25.6 Å². The van der Waals surface area contributed by atoms with E-state index < -0.39 is 0 Å². The molecule has 2 atom stereocenters. The molecule has 1 rings (SSSR count). The number of hydrogen-bond acceptors (Lipinski definition) is 5. The number of nitrogens with zero attached hydrogens (tertiary/aromatic N) is 2. The predicted octanol–water partition coefficient (Wildman–Crippen LogP) is 1.65. The van der Waals surface area contributed by atoms with Gasteiger partial charge in [-0.2, -0.15) is 0 Å². The molecule has 5 nitrogen and oxygen atoms in total. The van der Waals surface area contributed by atoms with Crippen LogP contribution in [0.1, 0.15) is 33.0 Å². The van der Waals surface area contributed by atoms with Gasteiger partial charge in [0.1, 0.15) is 17.5 Å². The van der Waals surface area contributed by atoms with E-state index in [0.717, 1.165) is 23.9 Å². The van der Waals surface area contributed by atoms with Gasteiger partial charge < -0.3 is 15.7 Å². The summed E-state index contributed by atoms with van der Waals surface area (Å²) in [4.78, 5) is 8.73. The lowest BCUT2D eigenvalue weighted by Gasteiger charge is -2.17. The normalized spacial score (nSPS) is 14.2. The van der Waals surface area contributed by atoms with Crippen LogP contribution in [0, 0.1) is 0 Å². The number of hydrogen-bond donors (Lipinski definition) is 3. The lowest BCUT2D eigenvalue weighted by molar-refractivity contribution is 0.179. The molecule has 1 aromatic rings. The Kier molecular flexibility index (Phi) is 5.15. The minimum atomic E-state index is -0.311. The Balaban J connectivity index is 2.75. The number of anilines is 2. The molecule has 1 heterocycles. The fourth-order valence-electron chi connectivity index (χ4n) is 1.68. The van der Waals surface area contributed by atoms with Crippen molar-refractivity contribution in [1.82, 2.24) is 9.97 Å². The highest BCUT2D eigenvalue weighted by atomic mass is 16.3. The van der Waals surface area contributed by atoms with Crippen molar-refractivity contribution in [3.05, 3.63) is 11.9 Å². The van der Waals surface area contributed by atoms with Gasteiger partial charge in [-0.3, -0.25) is 0 Å². The van der Waals surface area contributed by atoms with Crippen molar-refractivity contribution in [2.45, 2.75) is 45.8 Å². The van der Waals surface area contributed by atoms with E-state index in [2.05, 4.69) is 20.6 Å². The zero-order valence-electron chi connectivity index (χ0n) is 11.0. The number of aryl methyl sites for hydroxylation is 1. The molecule has 0 aliphatic carbocycles. The molecule has 0 amide bonds. The third-order valence-electron chi connectivity index (χ3n) is 2.43. The highest BCUT2D eigenvalue weighted by molar-refractivity contribution is 5.47. The first kappa shape index (κ1) is 13.7. The molecule has 3 N–H and O–H groups in total. The van der Waals surface area contributed by atoms with Crippen LogP contribution in [0.3, 0.4) is 0 Å². The number of aromatic nitrogens is 2. The van der Waals surface area contributed by atoms with E-state index >= 15 is 0 Å². The molecular weight excluding hydrogens is 216 g/mol. The van der Waals surface area contributed by atoms with Gasteiger partial charge in [0.25, 0.3) is 0 Å². The number of aliphatic hydroxyl groups excluding tert-OH is 1. The van der Waals surface area contributed by atoms with Crippen molar-refractivity contribution in [1.29, 1.82) is 0 Å². The average molecular weight is 238 g/mol. The van der Waals surface area contributed by atoms with Crippen LogP contribution in [0.4, 0.5) is 11.6 Å². The van der Waals surface area contributed by atoms with Crippen molar-refractivity contribution in [3.8, 4) is 0 Å². The standard InChI is InChI=1S/C12H22N4O/c1-5-10-15-11(13-4)7-12(16-10)14-8(2)6-9(3)17/h7-9,17H,5-6H2,1-4H3,(H2,13,14,15,16). The summed E-state index contributed by atoms with van der Waals surface area (Å²) in [6.45, 7) is 5.84. The molecule has 0 aromatic carbocycles. The van der Waals surface area contributed by atoms with Crippen LogP contribution in [-0.2, 0) is 6.42 Å². The third-order valence-corrected chi connectivity index (χ3v) is 2.43. The lowest BCUT2D eigenvalue weighted by atomic mass is 10.1. The molecule has 0 bridgehead atoms. The molecule has 2 unspecified atom stereocenters. The summed E-state index contributed by atoms with van der Waals surface area (Å²) in [6, 6.07) is 2.05. The first-order valence-electron chi connectivity index (χ1n) is 6.05. The van der Waals surface area contributed by atoms with Crippen molar-refractivity contribution in [3.63, 3.8) is 0 Å². The summed E-state index contributed by atoms with van der Waals surface area (Å²) in [5.74, 6) is 2.42. The highest BCUT2D eigenvalue weighted by Crippen LogP contribution is 2.13. The molecule has 5 heteroatoms. The molecule has 0 spiro atoms.